The molecule has 0 saturated heterocycles. The summed E-state index contributed by atoms with van der Waals surface area (Å²) in [6, 6.07) is 18.8. The van der Waals surface area contributed by atoms with E-state index in [1.165, 1.54) is 15.6 Å². The van der Waals surface area contributed by atoms with E-state index in [9.17, 15) is 0 Å². The molecule has 0 saturated carbocycles. The van der Waals surface area contributed by atoms with Gasteiger partial charge in [-0.1, -0.05) is 51.1 Å². The normalized spacial score (nSPS) is 9.30. The first kappa shape index (κ1) is 27.7. The van der Waals surface area contributed by atoms with Gasteiger partial charge in [0.15, 0.2) is 3.57 Å². The van der Waals surface area contributed by atoms with E-state index in [1.807, 2.05) is 30.3 Å². The summed E-state index contributed by atoms with van der Waals surface area (Å²) in [7, 11) is 0. The lowest BCUT2D eigenvalue weighted by Gasteiger charge is -2.22. The van der Waals surface area contributed by atoms with Crippen LogP contribution in [-0.2, 0) is 27.6 Å². The molecule has 2 rings (SSSR count). The number of carboxylic acid groups (broad SMARTS) is 2. The highest BCUT2D eigenvalue weighted by molar-refractivity contribution is 7.58. The van der Waals surface area contributed by atoms with Gasteiger partial charge in [0.25, 0.3) is 22.6 Å². The number of carbonyl (C=O) groups excluding carboxylic acids is 2. The fraction of sp³-hybridized carbons (Fsp3) is 0.333. The Labute approximate surface area is 181 Å². The summed E-state index contributed by atoms with van der Waals surface area (Å²) in [5.74, 6) is -2.17. The molecule has 2 aromatic carbocycles. The monoisotopic (exact) mass is 504 g/mol. The number of benzene rings is 2. The summed E-state index contributed by atoms with van der Waals surface area (Å²) in [5, 5.41) is 17.8. The minimum Gasteiger partial charge on any atom is -0.550 e. The van der Waals surface area contributed by atoms with Crippen LogP contribution < -0.4 is 32.8 Å². The molecule has 0 radical (unpaired) electrons. The number of rotatable bonds is 2. The predicted molar refractivity (Wildman–Crippen MR) is 106 cm³/mol. The van der Waals surface area contributed by atoms with Crippen molar-refractivity contribution in [3.8, 4) is 0 Å². The quantitative estimate of drug-likeness (QED) is 0.365. The lowest BCUT2D eigenvalue weighted by molar-refractivity contribution is -0.328. The second-order valence-electron chi connectivity index (χ2n) is 6.11. The van der Waals surface area contributed by atoms with Crippen molar-refractivity contribution in [2.75, 3.05) is 0 Å². The van der Waals surface area contributed by atoms with Gasteiger partial charge in [0.1, 0.15) is 4.90 Å². The maximum atomic E-state index is 8.89. The topological polar surface area (TPSA) is 80.3 Å². The Kier molecular flexibility index (Phi) is 15.9. The molecular formula is C21H29IO4S. The van der Waals surface area contributed by atoms with Crippen LogP contribution in [0.3, 0.4) is 0 Å². The van der Waals surface area contributed by atoms with E-state index in [4.69, 9.17) is 19.8 Å². The molecule has 2 aromatic rings. The molecule has 4 nitrogen and oxygen atoms in total. The Morgan fingerprint density at radius 3 is 1.56 bits per heavy atom. The fourth-order valence-electron chi connectivity index (χ4n) is 1.55. The molecule has 150 valence electrons. The molecule has 0 N–H and O–H groups in total. The molecular weight excluding hydrogens is 475 g/mol. The molecule has 27 heavy (non-hydrogen) atoms. The van der Waals surface area contributed by atoms with Crippen LogP contribution in [0.15, 0.2) is 59.5 Å². The van der Waals surface area contributed by atoms with Crippen LogP contribution >= 0.6 is 0 Å². The van der Waals surface area contributed by atoms with E-state index in [0.29, 0.717) is 5.41 Å². The molecule has 0 amide bonds. The van der Waals surface area contributed by atoms with E-state index in [0.717, 1.165) is 18.7 Å². The zero-order valence-corrected chi connectivity index (χ0v) is 19.8. The number of aliphatic carboxylic acids is 2. The van der Waals surface area contributed by atoms with E-state index in [2.05, 4.69) is 80.3 Å². The lowest BCUT2D eigenvalue weighted by atomic mass is 9.82. The van der Waals surface area contributed by atoms with Crippen LogP contribution in [0.1, 0.15) is 46.6 Å². The van der Waals surface area contributed by atoms with Crippen molar-refractivity contribution in [2.45, 2.75) is 51.3 Å². The van der Waals surface area contributed by atoms with Crippen LogP contribution in [0.4, 0.5) is 0 Å². The number of halogens is 1. The summed E-state index contributed by atoms with van der Waals surface area (Å²) in [4.78, 5) is 18.9. The molecule has 0 aliphatic carbocycles. The van der Waals surface area contributed by atoms with E-state index >= 15 is 0 Å². The van der Waals surface area contributed by atoms with Gasteiger partial charge in [0, 0.05) is 11.9 Å². The molecule has 0 aromatic heterocycles. The number of carboxylic acids is 2. The zero-order valence-electron chi connectivity index (χ0n) is 16.4. The van der Waals surface area contributed by atoms with Crippen molar-refractivity contribution in [2.24, 2.45) is 0 Å². The Morgan fingerprint density at radius 1 is 0.926 bits per heavy atom. The summed E-state index contributed by atoms with van der Waals surface area (Å²) in [6.07, 6.45) is 1.19. The summed E-state index contributed by atoms with van der Waals surface area (Å²) >= 11 is 5.41. The van der Waals surface area contributed by atoms with Gasteiger partial charge in [0.2, 0.25) is 0 Å². The second kappa shape index (κ2) is 15.5. The van der Waals surface area contributed by atoms with Crippen molar-refractivity contribution in [1.82, 2.24) is 0 Å². The van der Waals surface area contributed by atoms with Crippen LogP contribution in [0, 0.1) is 3.57 Å². The molecule has 0 fully saturated rings. The third-order valence-corrected chi connectivity index (χ3v) is 4.40. The maximum absolute atomic E-state index is 8.89. The van der Waals surface area contributed by atoms with E-state index in [-0.39, 0.29) is 0 Å². The summed E-state index contributed by atoms with van der Waals surface area (Å²) < 4.78 is 1.35. The van der Waals surface area contributed by atoms with Crippen molar-refractivity contribution >= 4 is 24.6 Å². The summed E-state index contributed by atoms with van der Waals surface area (Å²) in [5.41, 5.74) is 1.77. The average Bonchev–Trinajstić information content (AvgIpc) is 2.55. The summed E-state index contributed by atoms with van der Waals surface area (Å²) in [6.45, 7) is 8.76. The standard InChI is InChI=1S/C11H16I.C6H6S.2C2H4O2/c1-4-11(2,3)9-5-7-10(12)8-6-9;7-6-4-2-1-3-5-6;2*1-2(3)4/h5-8,12H,4H2,1-3H3;1-5,7H;2*1H3,(H,3,4)/q+1;;;/p-1. The van der Waals surface area contributed by atoms with E-state index in [1.54, 1.807) is 0 Å². The van der Waals surface area contributed by atoms with Crippen LogP contribution in [0.25, 0.3) is 0 Å². The molecule has 0 spiro atoms. The van der Waals surface area contributed by atoms with Crippen LogP contribution in [-0.4, -0.2) is 11.9 Å². The van der Waals surface area contributed by atoms with Gasteiger partial charge in [-0.25, -0.2) is 0 Å². The van der Waals surface area contributed by atoms with Crippen molar-refractivity contribution in [1.29, 1.82) is 0 Å². The molecule has 0 heterocycles. The number of carbonyl (C=O) groups is 2. The first-order chi connectivity index (χ1) is 12.4. The third kappa shape index (κ3) is 19.0. The lowest BCUT2D eigenvalue weighted by Crippen LogP contribution is -3.34. The first-order valence-electron chi connectivity index (χ1n) is 8.31. The van der Waals surface area contributed by atoms with E-state index < -0.39 is 11.9 Å². The van der Waals surface area contributed by atoms with Crippen LogP contribution in [0.5, 0.6) is 0 Å². The smallest absolute Gasteiger partial charge is 0.296 e. The van der Waals surface area contributed by atoms with Crippen LogP contribution in [0.2, 0.25) is 0 Å². The third-order valence-electron chi connectivity index (χ3n) is 3.29. The Hall–Kier alpha value is -1.54. The Bertz CT molecular complexity index is 636. The number of hydrogen-bond acceptors (Lipinski definition) is 4. The Morgan fingerprint density at radius 2 is 1.30 bits per heavy atom. The largest absolute Gasteiger partial charge is 0.550 e. The fourth-order valence-corrected chi connectivity index (χ4v) is 2.13. The number of hydrogen-bond donors (Lipinski definition) is 0. The first-order valence-corrected chi connectivity index (χ1v) is 9.98. The van der Waals surface area contributed by atoms with Crippen molar-refractivity contribution in [3.05, 3.63) is 63.7 Å². The zero-order chi connectivity index (χ0) is 21.5. The SMILES string of the molecule is CC(=O)[O-].CC(=O)[O-].CCC(C)(C)c1ccc([IH+])cc1.[SH2+]c1ccccc1. The molecule has 6 heteroatoms. The van der Waals surface area contributed by atoms with Gasteiger partial charge in [-0.05, 0) is 68.1 Å². The highest BCUT2D eigenvalue weighted by Crippen LogP contribution is 2.25. The van der Waals surface area contributed by atoms with Crippen molar-refractivity contribution < 1.29 is 42.4 Å². The molecule has 0 aliphatic heterocycles. The van der Waals surface area contributed by atoms with Crippen molar-refractivity contribution in [3.63, 3.8) is 0 Å². The molecule has 0 unspecified atom stereocenters. The molecule has 0 aliphatic rings. The highest BCUT2D eigenvalue weighted by Gasteiger charge is 2.17. The van der Waals surface area contributed by atoms with Gasteiger partial charge in [-0.2, -0.15) is 0 Å². The van der Waals surface area contributed by atoms with Gasteiger partial charge < -0.3 is 19.8 Å². The second-order valence-corrected chi connectivity index (χ2v) is 8.03. The predicted octanol–water partition coefficient (Wildman–Crippen LogP) is -1.60. The highest BCUT2D eigenvalue weighted by atomic mass is 127. The Balaban J connectivity index is 0. The minimum absolute atomic E-state index is 0.328. The van der Waals surface area contributed by atoms with Gasteiger partial charge in [-0.3, -0.25) is 0 Å². The average molecular weight is 504 g/mol. The van der Waals surface area contributed by atoms with Gasteiger partial charge >= 0.3 is 0 Å². The maximum Gasteiger partial charge on any atom is 0.296 e. The van der Waals surface area contributed by atoms with Gasteiger partial charge in [0.05, 0.1) is 0 Å². The molecule has 0 bridgehead atoms. The molecule has 0 atom stereocenters. The minimum atomic E-state index is -1.08. The van der Waals surface area contributed by atoms with Gasteiger partial charge in [-0.15, -0.1) is 0 Å².